The smallest absolute Gasteiger partial charge is 0.248 e. The lowest BCUT2D eigenvalue weighted by Crippen LogP contribution is -2.44. The number of halogens is 1. The molecular weight excluding hydrogens is 446 g/mol. The number of aromatic nitrogens is 2. The van der Waals surface area contributed by atoms with Crippen LogP contribution in [0.1, 0.15) is 36.9 Å². The summed E-state index contributed by atoms with van der Waals surface area (Å²) >= 11 is 5.91. The molecule has 0 aliphatic carbocycles. The zero-order chi connectivity index (χ0) is 23.5. The molecule has 6 nitrogen and oxygen atoms in total. The minimum Gasteiger partial charge on any atom is -0.341 e. The van der Waals surface area contributed by atoms with Crippen LogP contribution in [0.25, 0.3) is 17.0 Å². The number of carbonyl (C=O) groups is 1. The number of amides is 1. The summed E-state index contributed by atoms with van der Waals surface area (Å²) in [5.41, 5.74) is 3.47. The van der Waals surface area contributed by atoms with E-state index >= 15 is 0 Å². The first kappa shape index (κ1) is 22.8. The Kier molecular flexibility index (Phi) is 6.79. The Morgan fingerprint density at radius 3 is 2.50 bits per heavy atom. The lowest BCUT2D eigenvalue weighted by molar-refractivity contribution is -0.111. The second-order valence-electron chi connectivity index (χ2n) is 9.18. The molecule has 1 aromatic heterocycles. The van der Waals surface area contributed by atoms with E-state index < -0.39 is 0 Å². The van der Waals surface area contributed by atoms with Gasteiger partial charge in [0.2, 0.25) is 11.9 Å². The maximum Gasteiger partial charge on any atom is 0.248 e. The van der Waals surface area contributed by atoms with Gasteiger partial charge in [-0.15, -0.1) is 0 Å². The largest absolute Gasteiger partial charge is 0.341 e. The monoisotopic (exact) mass is 475 g/mol. The van der Waals surface area contributed by atoms with E-state index in [2.05, 4.69) is 15.1 Å². The van der Waals surface area contributed by atoms with E-state index in [0.717, 1.165) is 46.9 Å². The summed E-state index contributed by atoms with van der Waals surface area (Å²) in [5, 5.41) is 4.56. The third kappa shape index (κ3) is 5.24. The van der Waals surface area contributed by atoms with E-state index in [0.29, 0.717) is 11.1 Å². The molecule has 0 bridgehead atoms. The molecule has 0 atom stereocenters. The molecule has 0 radical (unpaired) electrons. The summed E-state index contributed by atoms with van der Waals surface area (Å²) < 4.78 is 0. The van der Waals surface area contributed by atoms with Gasteiger partial charge < -0.3 is 15.1 Å². The van der Waals surface area contributed by atoms with Crippen molar-refractivity contribution in [3.05, 3.63) is 64.8 Å². The van der Waals surface area contributed by atoms with Crippen molar-refractivity contribution in [2.45, 2.75) is 38.6 Å². The summed E-state index contributed by atoms with van der Waals surface area (Å²) in [6.45, 7) is 6.52. The van der Waals surface area contributed by atoms with Gasteiger partial charge in [-0.3, -0.25) is 4.79 Å². The normalized spacial score (nSPS) is 17.6. The minimum atomic E-state index is -0.189. The Morgan fingerprint density at radius 2 is 1.76 bits per heavy atom. The van der Waals surface area contributed by atoms with Crippen molar-refractivity contribution in [3.8, 4) is 0 Å². The highest BCUT2D eigenvalue weighted by Gasteiger charge is 2.27. The number of benzene rings is 2. The van der Waals surface area contributed by atoms with Crippen LogP contribution in [-0.4, -0.2) is 53.0 Å². The van der Waals surface area contributed by atoms with Gasteiger partial charge in [-0.25, -0.2) is 9.97 Å². The first-order valence-corrected chi connectivity index (χ1v) is 12.4. The quantitative estimate of drug-likeness (QED) is 0.507. The van der Waals surface area contributed by atoms with Gasteiger partial charge in [0.1, 0.15) is 0 Å². The van der Waals surface area contributed by atoms with Gasteiger partial charge in [0, 0.05) is 41.3 Å². The Labute approximate surface area is 205 Å². The molecule has 176 valence electrons. The zero-order valence-electron chi connectivity index (χ0n) is 19.5. The number of anilines is 2. The number of nitrogens with one attached hydrogen (secondary N) is 1. The highest BCUT2D eigenvalue weighted by atomic mass is 35.5. The third-order valence-electron chi connectivity index (χ3n) is 6.84. The fourth-order valence-electron chi connectivity index (χ4n) is 4.95. The average molecular weight is 476 g/mol. The molecule has 0 unspecified atom stereocenters. The van der Waals surface area contributed by atoms with E-state index in [1.165, 1.54) is 44.8 Å². The van der Waals surface area contributed by atoms with Crippen LogP contribution in [0.4, 0.5) is 11.6 Å². The molecule has 2 aliphatic rings. The first-order valence-electron chi connectivity index (χ1n) is 12.1. The van der Waals surface area contributed by atoms with Crippen LogP contribution in [-0.2, 0) is 4.79 Å². The number of piperidine rings is 1. The Balaban J connectivity index is 1.25. The molecule has 34 heavy (non-hydrogen) atoms. The summed E-state index contributed by atoms with van der Waals surface area (Å²) in [7, 11) is 0. The Morgan fingerprint density at radius 1 is 1.03 bits per heavy atom. The molecule has 0 saturated carbocycles. The molecule has 5 rings (SSSR count). The number of aryl methyl sites for hydroxylation is 1. The second-order valence-corrected chi connectivity index (χ2v) is 9.61. The molecule has 1 N–H and O–H groups in total. The highest BCUT2D eigenvalue weighted by molar-refractivity contribution is 6.30. The molecule has 2 aliphatic heterocycles. The summed E-state index contributed by atoms with van der Waals surface area (Å²) in [5.74, 6) is 0.623. The molecular formula is C27H30ClN5O. The van der Waals surface area contributed by atoms with Gasteiger partial charge in [-0.1, -0.05) is 23.7 Å². The summed E-state index contributed by atoms with van der Waals surface area (Å²) in [6, 6.07) is 13.9. The second kappa shape index (κ2) is 10.1. The topological polar surface area (TPSA) is 61.4 Å². The first-order chi connectivity index (χ1) is 16.5. The summed E-state index contributed by atoms with van der Waals surface area (Å²) in [6.07, 6.45) is 8.32. The fraction of sp³-hybridized carbons (Fsp3) is 0.370. The minimum absolute atomic E-state index is 0.189. The van der Waals surface area contributed by atoms with Gasteiger partial charge in [0.25, 0.3) is 0 Å². The van der Waals surface area contributed by atoms with Crippen LogP contribution in [0.2, 0.25) is 5.02 Å². The predicted molar refractivity (Wildman–Crippen MR) is 139 cm³/mol. The van der Waals surface area contributed by atoms with E-state index in [-0.39, 0.29) is 5.91 Å². The van der Waals surface area contributed by atoms with Gasteiger partial charge >= 0.3 is 0 Å². The van der Waals surface area contributed by atoms with Gasteiger partial charge in [-0.2, -0.15) is 0 Å². The van der Waals surface area contributed by atoms with Crippen LogP contribution in [0, 0.1) is 6.92 Å². The van der Waals surface area contributed by atoms with E-state index in [4.69, 9.17) is 21.6 Å². The maximum atomic E-state index is 12.4. The predicted octanol–water partition coefficient (Wildman–Crippen LogP) is 5.31. The molecule has 2 fully saturated rings. The zero-order valence-corrected chi connectivity index (χ0v) is 20.3. The Hall–Kier alpha value is -2.96. The molecule has 0 spiro atoms. The van der Waals surface area contributed by atoms with Gasteiger partial charge in [0.15, 0.2) is 0 Å². The van der Waals surface area contributed by atoms with Crippen LogP contribution < -0.4 is 10.2 Å². The van der Waals surface area contributed by atoms with Crippen molar-refractivity contribution in [1.29, 1.82) is 0 Å². The lowest BCUT2D eigenvalue weighted by Gasteiger charge is -2.36. The molecule has 7 heteroatoms. The molecule has 1 amide bonds. The lowest BCUT2D eigenvalue weighted by atomic mass is 10.0. The number of fused-ring (bicyclic) bond motifs is 1. The summed E-state index contributed by atoms with van der Waals surface area (Å²) in [4.78, 5) is 27.0. The van der Waals surface area contributed by atoms with Crippen molar-refractivity contribution in [1.82, 2.24) is 14.9 Å². The number of carbonyl (C=O) groups excluding carboxylic acids is 1. The SMILES string of the molecule is Cc1nc(N2CCC(N3CCCC3)CC2)nc2ccc(NC(=O)C=Cc3ccc(Cl)cc3)cc12. The van der Waals surface area contributed by atoms with Crippen molar-refractivity contribution < 1.29 is 4.79 Å². The third-order valence-corrected chi connectivity index (χ3v) is 7.10. The van der Waals surface area contributed by atoms with Crippen molar-refractivity contribution in [2.24, 2.45) is 0 Å². The number of likely N-dealkylation sites (tertiary alicyclic amines) is 1. The molecule has 2 aromatic carbocycles. The standard InChI is InChI=1S/C27H30ClN5O/c1-19-24-18-22(30-26(34)11-6-20-4-7-21(28)8-5-20)9-10-25(24)31-27(29-19)33-16-12-23(13-17-33)32-14-2-3-15-32/h4-11,18,23H,2-3,12-17H2,1H3,(H,30,34). The van der Waals surface area contributed by atoms with Crippen LogP contribution >= 0.6 is 11.6 Å². The number of hydrogen-bond donors (Lipinski definition) is 1. The van der Waals surface area contributed by atoms with Gasteiger partial charge in [-0.05, 0) is 87.7 Å². The number of nitrogens with zero attached hydrogens (tertiary/aromatic N) is 4. The van der Waals surface area contributed by atoms with Crippen molar-refractivity contribution in [3.63, 3.8) is 0 Å². The van der Waals surface area contributed by atoms with Crippen LogP contribution in [0.15, 0.2) is 48.5 Å². The van der Waals surface area contributed by atoms with E-state index in [1.807, 2.05) is 37.3 Å². The highest BCUT2D eigenvalue weighted by Crippen LogP contribution is 2.26. The number of hydrogen-bond acceptors (Lipinski definition) is 5. The number of rotatable bonds is 5. The average Bonchev–Trinajstić information content (AvgIpc) is 3.39. The van der Waals surface area contributed by atoms with E-state index in [1.54, 1.807) is 18.2 Å². The molecule has 3 aromatic rings. The van der Waals surface area contributed by atoms with Crippen molar-refractivity contribution in [2.75, 3.05) is 36.4 Å². The van der Waals surface area contributed by atoms with Crippen molar-refractivity contribution >= 4 is 46.1 Å². The van der Waals surface area contributed by atoms with Crippen LogP contribution in [0.3, 0.4) is 0 Å². The fourth-order valence-corrected chi connectivity index (χ4v) is 5.08. The molecule has 2 saturated heterocycles. The van der Waals surface area contributed by atoms with Crippen LogP contribution in [0.5, 0.6) is 0 Å². The Bertz CT molecular complexity index is 1200. The maximum absolute atomic E-state index is 12.4. The van der Waals surface area contributed by atoms with Gasteiger partial charge in [0.05, 0.1) is 11.2 Å². The van der Waals surface area contributed by atoms with E-state index in [9.17, 15) is 4.79 Å². The molecule has 3 heterocycles.